The first-order chi connectivity index (χ1) is 17.0. The summed E-state index contributed by atoms with van der Waals surface area (Å²) in [5.41, 5.74) is 22.1. The largest absolute Gasteiger partial charge is 0.480 e. The van der Waals surface area contributed by atoms with Gasteiger partial charge in [0.05, 0.1) is 6.04 Å². The summed E-state index contributed by atoms with van der Waals surface area (Å²) in [5.74, 6) is -2.90. The quantitative estimate of drug-likeness (QED) is 0.0729. The lowest BCUT2D eigenvalue weighted by Crippen LogP contribution is -2.58. The van der Waals surface area contributed by atoms with Gasteiger partial charge in [-0.25, -0.2) is 4.79 Å². The van der Waals surface area contributed by atoms with E-state index in [0.717, 1.165) is 12.8 Å². The number of nitrogens with zero attached hydrogens (tertiary/aromatic N) is 2. The molecule has 5 unspecified atom stereocenters. The Hall–Kier alpha value is -2.93. The molecule has 1 aliphatic heterocycles. The molecular formula is C23H44N8O5. The molecule has 13 nitrogen and oxygen atoms in total. The molecule has 0 bridgehead atoms. The van der Waals surface area contributed by atoms with Crippen molar-refractivity contribution < 1.29 is 24.3 Å². The second-order valence-corrected chi connectivity index (χ2v) is 9.30. The Bertz CT molecular complexity index is 774. The van der Waals surface area contributed by atoms with E-state index in [1.807, 2.05) is 6.92 Å². The fourth-order valence-corrected chi connectivity index (χ4v) is 4.12. The molecule has 0 spiro atoms. The average Bonchev–Trinajstić information content (AvgIpc) is 3.33. The minimum Gasteiger partial charge on any atom is -0.480 e. The summed E-state index contributed by atoms with van der Waals surface area (Å²) in [4.78, 5) is 56.1. The topological polar surface area (TPSA) is 232 Å². The highest BCUT2D eigenvalue weighted by molar-refractivity contribution is 5.94. The van der Waals surface area contributed by atoms with Crippen molar-refractivity contribution in [3.05, 3.63) is 0 Å². The van der Waals surface area contributed by atoms with E-state index < -0.39 is 42.0 Å². The molecule has 1 fully saturated rings. The number of carboxylic acid groups (broad SMARTS) is 1. The van der Waals surface area contributed by atoms with Crippen LogP contribution in [0.15, 0.2) is 4.99 Å². The monoisotopic (exact) mass is 512 g/mol. The zero-order valence-electron chi connectivity index (χ0n) is 21.4. The fraction of sp³-hybridized carbons (Fsp3) is 0.783. The van der Waals surface area contributed by atoms with E-state index in [2.05, 4.69) is 15.6 Å². The van der Waals surface area contributed by atoms with Crippen LogP contribution >= 0.6 is 0 Å². The van der Waals surface area contributed by atoms with Crippen LogP contribution in [0.2, 0.25) is 0 Å². The first kappa shape index (κ1) is 31.1. The SMILES string of the molecule is CCC(C)C(NC(=O)C1CCCN1C(=O)C(N)CCCCN)C(=O)NC(CCCN=C(N)N)C(=O)O. The van der Waals surface area contributed by atoms with Crippen molar-refractivity contribution in [3.63, 3.8) is 0 Å². The molecule has 0 saturated carbocycles. The van der Waals surface area contributed by atoms with Crippen LogP contribution < -0.4 is 33.6 Å². The maximum absolute atomic E-state index is 13.2. The Labute approximate surface area is 212 Å². The lowest BCUT2D eigenvalue weighted by Gasteiger charge is -2.30. The van der Waals surface area contributed by atoms with Gasteiger partial charge in [-0.2, -0.15) is 0 Å². The van der Waals surface area contributed by atoms with E-state index in [9.17, 15) is 24.3 Å². The molecule has 0 aromatic rings. The molecule has 0 aromatic heterocycles. The van der Waals surface area contributed by atoms with E-state index in [4.69, 9.17) is 22.9 Å². The summed E-state index contributed by atoms with van der Waals surface area (Å²) in [6, 6.07) is -3.56. The molecule has 3 amide bonds. The number of guanidine groups is 1. The van der Waals surface area contributed by atoms with Crippen LogP contribution in [0, 0.1) is 5.92 Å². The van der Waals surface area contributed by atoms with Gasteiger partial charge >= 0.3 is 5.97 Å². The van der Waals surface area contributed by atoms with Gasteiger partial charge in [-0.15, -0.1) is 0 Å². The third-order valence-electron chi connectivity index (χ3n) is 6.48. The van der Waals surface area contributed by atoms with Crippen molar-refractivity contribution >= 4 is 29.7 Å². The van der Waals surface area contributed by atoms with Crippen LogP contribution in [-0.2, 0) is 19.2 Å². The minimum absolute atomic E-state index is 0.0959. The lowest BCUT2D eigenvalue weighted by molar-refractivity contribution is -0.143. The van der Waals surface area contributed by atoms with Gasteiger partial charge in [-0.1, -0.05) is 26.7 Å². The number of carboxylic acids is 1. The number of carbonyl (C=O) groups is 4. The van der Waals surface area contributed by atoms with Crippen LogP contribution in [0.4, 0.5) is 0 Å². The summed E-state index contributed by atoms with van der Waals surface area (Å²) >= 11 is 0. The van der Waals surface area contributed by atoms with Crippen molar-refractivity contribution in [1.29, 1.82) is 0 Å². The molecular weight excluding hydrogens is 468 g/mol. The van der Waals surface area contributed by atoms with Gasteiger partial charge in [0, 0.05) is 13.1 Å². The molecule has 0 aromatic carbocycles. The van der Waals surface area contributed by atoms with Crippen molar-refractivity contribution in [1.82, 2.24) is 15.5 Å². The molecule has 1 saturated heterocycles. The Morgan fingerprint density at radius 1 is 1.11 bits per heavy atom. The minimum atomic E-state index is -1.20. The Morgan fingerprint density at radius 3 is 2.39 bits per heavy atom. The van der Waals surface area contributed by atoms with Crippen molar-refractivity contribution in [2.45, 2.75) is 89.4 Å². The molecule has 1 rings (SSSR count). The summed E-state index contributed by atoms with van der Waals surface area (Å²) < 4.78 is 0. The number of likely N-dealkylation sites (tertiary alicyclic amines) is 1. The number of amides is 3. The number of hydrogen-bond donors (Lipinski definition) is 7. The second-order valence-electron chi connectivity index (χ2n) is 9.30. The smallest absolute Gasteiger partial charge is 0.326 e. The second kappa shape index (κ2) is 15.9. The molecule has 206 valence electrons. The molecule has 1 heterocycles. The fourth-order valence-electron chi connectivity index (χ4n) is 4.12. The number of hydrogen-bond acceptors (Lipinski definition) is 7. The van der Waals surface area contributed by atoms with E-state index >= 15 is 0 Å². The van der Waals surface area contributed by atoms with Gasteiger partial charge in [-0.3, -0.25) is 19.4 Å². The van der Waals surface area contributed by atoms with Gasteiger partial charge in [-0.05, 0) is 51.0 Å². The predicted octanol–water partition coefficient (Wildman–Crippen LogP) is -1.41. The van der Waals surface area contributed by atoms with Crippen LogP contribution in [0.3, 0.4) is 0 Å². The number of aliphatic carboxylic acids is 1. The zero-order chi connectivity index (χ0) is 27.3. The highest BCUT2D eigenvalue weighted by Gasteiger charge is 2.38. The average molecular weight is 513 g/mol. The third kappa shape index (κ3) is 9.97. The van der Waals surface area contributed by atoms with Gasteiger partial charge < -0.3 is 43.6 Å². The predicted molar refractivity (Wildman–Crippen MR) is 136 cm³/mol. The van der Waals surface area contributed by atoms with Crippen molar-refractivity contribution in [2.24, 2.45) is 33.8 Å². The van der Waals surface area contributed by atoms with Gasteiger partial charge in [0.1, 0.15) is 18.1 Å². The highest BCUT2D eigenvalue weighted by atomic mass is 16.4. The number of unbranched alkanes of at least 4 members (excludes halogenated alkanes) is 1. The van der Waals surface area contributed by atoms with Crippen LogP contribution in [0.25, 0.3) is 0 Å². The molecule has 5 atom stereocenters. The summed E-state index contributed by atoms with van der Waals surface area (Å²) in [5, 5.41) is 14.8. The zero-order valence-corrected chi connectivity index (χ0v) is 21.4. The van der Waals surface area contributed by atoms with Crippen LogP contribution in [-0.4, -0.2) is 83.5 Å². The molecule has 0 aliphatic carbocycles. The summed E-state index contributed by atoms with van der Waals surface area (Å²) in [7, 11) is 0. The molecule has 1 aliphatic rings. The Kier molecular flexibility index (Phi) is 13.8. The van der Waals surface area contributed by atoms with E-state index in [1.165, 1.54) is 4.90 Å². The number of carbonyl (C=O) groups excluding carboxylic acids is 3. The molecule has 11 N–H and O–H groups in total. The number of aliphatic imine (C=N–C) groups is 1. The maximum Gasteiger partial charge on any atom is 0.326 e. The standard InChI is InChI=1S/C23H44N8O5/c1-3-14(2)18(20(33)29-16(22(35)36)9-6-12-28-23(26)27)30-19(32)17-10-7-13-31(17)21(34)15(25)8-4-5-11-24/h14-18H,3-13,24-25H2,1-2H3,(H,29,33)(H,30,32)(H,35,36)(H4,26,27,28). The molecule has 0 radical (unpaired) electrons. The third-order valence-corrected chi connectivity index (χ3v) is 6.48. The van der Waals surface area contributed by atoms with E-state index in [0.29, 0.717) is 45.2 Å². The van der Waals surface area contributed by atoms with Gasteiger partial charge in [0.25, 0.3) is 0 Å². The van der Waals surface area contributed by atoms with E-state index in [1.54, 1.807) is 6.92 Å². The Morgan fingerprint density at radius 2 is 1.81 bits per heavy atom. The number of rotatable bonds is 16. The summed E-state index contributed by atoms with van der Waals surface area (Å²) in [6.07, 6.45) is 4.12. The number of nitrogens with one attached hydrogen (secondary N) is 2. The van der Waals surface area contributed by atoms with E-state index in [-0.39, 0.29) is 30.8 Å². The van der Waals surface area contributed by atoms with Crippen LogP contribution in [0.1, 0.15) is 65.2 Å². The lowest BCUT2D eigenvalue weighted by atomic mass is 9.97. The molecule has 36 heavy (non-hydrogen) atoms. The first-order valence-electron chi connectivity index (χ1n) is 12.7. The van der Waals surface area contributed by atoms with Crippen molar-refractivity contribution in [3.8, 4) is 0 Å². The highest BCUT2D eigenvalue weighted by Crippen LogP contribution is 2.20. The maximum atomic E-state index is 13.2. The normalized spacial score (nSPS) is 18.6. The van der Waals surface area contributed by atoms with Crippen molar-refractivity contribution in [2.75, 3.05) is 19.6 Å². The summed E-state index contributed by atoms with van der Waals surface area (Å²) in [6.45, 7) is 4.83. The number of nitrogens with two attached hydrogens (primary N) is 4. The van der Waals surface area contributed by atoms with Crippen LogP contribution in [0.5, 0.6) is 0 Å². The first-order valence-corrected chi connectivity index (χ1v) is 12.7. The Balaban J connectivity index is 2.86. The van der Waals surface area contributed by atoms with Gasteiger partial charge in [0.15, 0.2) is 5.96 Å². The molecule has 13 heteroatoms. The van der Waals surface area contributed by atoms with Gasteiger partial charge in [0.2, 0.25) is 17.7 Å².